The van der Waals surface area contributed by atoms with Crippen LogP contribution in [-0.4, -0.2) is 10.9 Å². The zero-order valence-corrected chi connectivity index (χ0v) is 9.82. The molecule has 92 valence electrons. The van der Waals surface area contributed by atoms with E-state index in [1.165, 1.54) is 30.5 Å². The van der Waals surface area contributed by atoms with E-state index in [2.05, 4.69) is 4.98 Å². The maximum atomic E-state index is 13.6. The van der Waals surface area contributed by atoms with E-state index in [4.69, 9.17) is 22.1 Å². The van der Waals surface area contributed by atoms with Gasteiger partial charge in [-0.3, -0.25) is 4.79 Å². The Labute approximate surface area is 107 Å². The molecule has 0 unspecified atom stereocenters. The molecule has 0 bridgehead atoms. The standard InChI is InChI=1S/C12H8ClFN2O2/c13-11-6-8(3-4-16-11)18-10-2-1-7(12(15)17)5-9(10)14/h1-6H,(H2,15,17). The van der Waals surface area contributed by atoms with Crippen molar-refractivity contribution in [1.82, 2.24) is 4.98 Å². The van der Waals surface area contributed by atoms with Gasteiger partial charge in [-0.05, 0) is 24.3 Å². The Kier molecular flexibility index (Phi) is 3.43. The normalized spacial score (nSPS) is 10.1. The second-order valence-electron chi connectivity index (χ2n) is 3.43. The summed E-state index contributed by atoms with van der Waals surface area (Å²) in [5.74, 6) is -1.06. The number of benzene rings is 1. The molecule has 18 heavy (non-hydrogen) atoms. The summed E-state index contributed by atoms with van der Waals surface area (Å²) in [4.78, 5) is 14.6. The third-order valence-electron chi connectivity index (χ3n) is 2.14. The average Bonchev–Trinajstić information content (AvgIpc) is 2.31. The predicted molar refractivity (Wildman–Crippen MR) is 64.2 cm³/mol. The molecule has 2 aromatic rings. The molecule has 1 heterocycles. The van der Waals surface area contributed by atoms with Gasteiger partial charge in [0.2, 0.25) is 5.91 Å². The van der Waals surface area contributed by atoms with Crippen molar-refractivity contribution < 1.29 is 13.9 Å². The van der Waals surface area contributed by atoms with Gasteiger partial charge in [0.05, 0.1) is 0 Å². The molecule has 2 N–H and O–H groups in total. The largest absolute Gasteiger partial charge is 0.454 e. The molecule has 0 atom stereocenters. The van der Waals surface area contributed by atoms with Crippen LogP contribution in [0.25, 0.3) is 0 Å². The molecule has 0 aliphatic carbocycles. The third-order valence-corrected chi connectivity index (χ3v) is 2.35. The number of halogens is 2. The first-order valence-electron chi connectivity index (χ1n) is 4.95. The van der Waals surface area contributed by atoms with Crippen LogP contribution in [0.4, 0.5) is 4.39 Å². The lowest BCUT2D eigenvalue weighted by Crippen LogP contribution is -2.11. The Hall–Kier alpha value is -2.14. The number of rotatable bonds is 3. The number of hydrogen-bond donors (Lipinski definition) is 1. The van der Waals surface area contributed by atoms with Crippen LogP contribution < -0.4 is 10.5 Å². The number of nitrogens with zero attached hydrogens (tertiary/aromatic N) is 1. The molecule has 1 aromatic heterocycles. The first kappa shape index (κ1) is 12.3. The molecule has 0 spiro atoms. The molecule has 0 radical (unpaired) electrons. The van der Waals surface area contributed by atoms with Gasteiger partial charge in [-0.25, -0.2) is 9.37 Å². The third kappa shape index (κ3) is 2.75. The smallest absolute Gasteiger partial charge is 0.248 e. The zero-order chi connectivity index (χ0) is 13.1. The Balaban J connectivity index is 2.27. The second-order valence-corrected chi connectivity index (χ2v) is 3.81. The van der Waals surface area contributed by atoms with E-state index >= 15 is 0 Å². The van der Waals surface area contributed by atoms with Crippen molar-refractivity contribution >= 4 is 17.5 Å². The number of carbonyl (C=O) groups excluding carboxylic acids is 1. The van der Waals surface area contributed by atoms with Gasteiger partial charge in [0.1, 0.15) is 10.9 Å². The summed E-state index contributed by atoms with van der Waals surface area (Å²) < 4.78 is 18.9. The fourth-order valence-electron chi connectivity index (χ4n) is 1.31. The van der Waals surface area contributed by atoms with Gasteiger partial charge >= 0.3 is 0 Å². The summed E-state index contributed by atoms with van der Waals surface area (Å²) in [6, 6.07) is 6.70. The second kappa shape index (κ2) is 5.01. The van der Waals surface area contributed by atoms with Crippen LogP contribution in [0.15, 0.2) is 36.5 Å². The summed E-state index contributed by atoms with van der Waals surface area (Å²) >= 11 is 5.67. The lowest BCUT2D eigenvalue weighted by molar-refractivity contribution is 0.1000. The van der Waals surface area contributed by atoms with Gasteiger partial charge in [-0.15, -0.1) is 0 Å². The van der Waals surface area contributed by atoms with Crippen LogP contribution in [0.3, 0.4) is 0 Å². The molecule has 1 amide bonds. The topological polar surface area (TPSA) is 65.2 Å². The molecule has 2 rings (SSSR count). The minimum atomic E-state index is -0.701. The highest BCUT2D eigenvalue weighted by molar-refractivity contribution is 6.29. The van der Waals surface area contributed by atoms with E-state index in [0.717, 1.165) is 6.07 Å². The summed E-state index contributed by atoms with van der Waals surface area (Å²) in [7, 11) is 0. The summed E-state index contributed by atoms with van der Waals surface area (Å²) in [5.41, 5.74) is 5.11. The Bertz CT molecular complexity index is 604. The quantitative estimate of drug-likeness (QED) is 0.869. The van der Waals surface area contributed by atoms with Crippen LogP contribution in [0.5, 0.6) is 11.5 Å². The minimum absolute atomic E-state index is 0.0257. The fourth-order valence-corrected chi connectivity index (χ4v) is 1.48. The number of hydrogen-bond acceptors (Lipinski definition) is 3. The SMILES string of the molecule is NC(=O)c1ccc(Oc2ccnc(Cl)c2)c(F)c1. The number of primary amides is 1. The highest BCUT2D eigenvalue weighted by Gasteiger charge is 2.09. The summed E-state index contributed by atoms with van der Waals surface area (Å²) in [6.07, 6.45) is 1.44. The van der Waals surface area contributed by atoms with Crippen molar-refractivity contribution in [3.05, 3.63) is 53.1 Å². The van der Waals surface area contributed by atoms with Gasteiger partial charge in [-0.2, -0.15) is 0 Å². The van der Waals surface area contributed by atoms with Crippen molar-refractivity contribution in [3.8, 4) is 11.5 Å². The molecule has 1 aromatic carbocycles. The van der Waals surface area contributed by atoms with E-state index in [0.29, 0.717) is 5.75 Å². The highest BCUT2D eigenvalue weighted by atomic mass is 35.5. The minimum Gasteiger partial charge on any atom is -0.454 e. The van der Waals surface area contributed by atoms with Gasteiger partial charge in [0.25, 0.3) is 0 Å². The highest BCUT2D eigenvalue weighted by Crippen LogP contribution is 2.26. The van der Waals surface area contributed by atoms with Crippen LogP contribution in [0.1, 0.15) is 10.4 Å². The molecule has 0 aliphatic heterocycles. The van der Waals surface area contributed by atoms with Crippen LogP contribution >= 0.6 is 11.6 Å². The molecule has 0 saturated heterocycles. The molecule has 4 nitrogen and oxygen atoms in total. The maximum Gasteiger partial charge on any atom is 0.248 e. The van der Waals surface area contributed by atoms with E-state index in [1.807, 2.05) is 0 Å². The van der Waals surface area contributed by atoms with Crippen molar-refractivity contribution in [2.24, 2.45) is 5.73 Å². The van der Waals surface area contributed by atoms with E-state index in [9.17, 15) is 9.18 Å². The van der Waals surface area contributed by atoms with Crippen molar-refractivity contribution in [1.29, 1.82) is 0 Å². The lowest BCUT2D eigenvalue weighted by atomic mass is 10.2. The number of carbonyl (C=O) groups is 1. The monoisotopic (exact) mass is 266 g/mol. The van der Waals surface area contributed by atoms with Crippen LogP contribution in [0.2, 0.25) is 5.15 Å². The fraction of sp³-hybridized carbons (Fsp3) is 0. The van der Waals surface area contributed by atoms with Crippen molar-refractivity contribution in [2.45, 2.75) is 0 Å². The van der Waals surface area contributed by atoms with E-state index in [-0.39, 0.29) is 16.5 Å². The zero-order valence-electron chi connectivity index (χ0n) is 9.06. The van der Waals surface area contributed by atoms with Crippen molar-refractivity contribution in [2.75, 3.05) is 0 Å². The van der Waals surface area contributed by atoms with Gasteiger partial charge in [-0.1, -0.05) is 11.6 Å². The molecular weight excluding hydrogens is 259 g/mol. The Morgan fingerprint density at radius 2 is 2.11 bits per heavy atom. The first-order chi connectivity index (χ1) is 8.56. The Morgan fingerprint density at radius 3 is 2.72 bits per heavy atom. The molecule has 0 saturated carbocycles. The lowest BCUT2D eigenvalue weighted by Gasteiger charge is -2.07. The number of amides is 1. The first-order valence-corrected chi connectivity index (χ1v) is 5.33. The molecular formula is C12H8ClFN2O2. The molecule has 0 fully saturated rings. The predicted octanol–water partition coefficient (Wildman–Crippen LogP) is 2.77. The number of pyridine rings is 1. The van der Waals surface area contributed by atoms with E-state index < -0.39 is 11.7 Å². The van der Waals surface area contributed by atoms with Gasteiger partial charge in [0, 0.05) is 17.8 Å². The Morgan fingerprint density at radius 1 is 1.33 bits per heavy atom. The van der Waals surface area contributed by atoms with E-state index in [1.54, 1.807) is 0 Å². The number of ether oxygens (including phenoxy) is 1. The average molecular weight is 267 g/mol. The van der Waals surface area contributed by atoms with Gasteiger partial charge in [0.15, 0.2) is 11.6 Å². The van der Waals surface area contributed by atoms with Crippen LogP contribution in [0, 0.1) is 5.82 Å². The summed E-state index contributed by atoms with van der Waals surface area (Å²) in [5, 5.41) is 0.238. The number of nitrogens with two attached hydrogens (primary N) is 1. The molecule has 0 aliphatic rings. The van der Waals surface area contributed by atoms with Gasteiger partial charge < -0.3 is 10.5 Å². The summed E-state index contributed by atoms with van der Waals surface area (Å²) in [6.45, 7) is 0. The number of aromatic nitrogens is 1. The maximum absolute atomic E-state index is 13.6. The van der Waals surface area contributed by atoms with Crippen molar-refractivity contribution in [3.63, 3.8) is 0 Å². The van der Waals surface area contributed by atoms with Crippen LogP contribution in [-0.2, 0) is 0 Å². The molecule has 6 heteroatoms.